The molecule has 0 radical (unpaired) electrons. The molecule has 10 nitrogen and oxygen atoms in total. The highest BCUT2D eigenvalue weighted by Gasteiger charge is 2.30. The van der Waals surface area contributed by atoms with Gasteiger partial charge in [0.2, 0.25) is 17.7 Å². The van der Waals surface area contributed by atoms with Crippen molar-refractivity contribution < 1.29 is 19.3 Å². The van der Waals surface area contributed by atoms with E-state index in [1.54, 1.807) is 18.2 Å². The van der Waals surface area contributed by atoms with Gasteiger partial charge in [-0.25, -0.2) is 0 Å². The predicted octanol–water partition coefficient (Wildman–Crippen LogP) is 3.45. The summed E-state index contributed by atoms with van der Waals surface area (Å²) in [5, 5.41) is 19.1. The maximum atomic E-state index is 13.4. The molecule has 0 spiro atoms. The second-order valence-electron chi connectivity index (χ2n) is 9.38. The lowest BCUT2D eigenvalue weighted by atomic mass is 10.0. The molecule has 0 heterocycles. The van der Waals surface area contributed by atoms with Crippen molar-refractivity contribution in [2.45, 2.75) is 61.8 Å². The van der Waals surface area contributed by atoms with Crippen molar-refractivity contribution in [3.8, 4) is 0 Å². The number of nitrogens with two attached hydrogens (primary N) is 1. The Morgan fingerprint density at radius 1 is 0.949 bits per heavy atom. The molecule has 5 N–H and O–H groups in total. The fourth-order valence-corrected chi connectivity index (χ4v) is 6.42. The van der Waals surface area contributed by atoms with E-state index in [0.29, 0.717) is 37.1 Å². The number of carbonyl (C=O) groups excluding carboxylic acids is 3. The molecule has 0 saturated carbocycles. The smallest absolute Gasteiger partial charge is 0.283 e. The van der Waals surface area contributed by atoms with Crippen LogP contribution in [0.3, 0.4) is 0 Å². The molecular formula is C27H37N5O5S2. The largest absolute Gasteiger partial charge is 0.357 e. The second kappa shape index (κ2) is 16.8. The Balaban J connectivity index is 2.17. The van der Waals surface area contributed by atoms with E-state index in [1.165, 1.54) is 23.9 Å². The van der Waals surface area contributed by atoms with Crippen LogP contribution in [0.4, 0.5) is 5.69 Å². The van der Waals surface area contributed by atoms with Crippen molar-refractivity contribution >= 4 is 45.0 Å². The molecule has 39 heavy (non-hydrogen) atoms. The standard InChI is InChI=1S/C27H37N5O5S2/c1-18(2)16-20(26(34)30-21(25(33)29-3)17-19-10-5-4-6-11-19)31-27(35)24(14-9-15-28)39-38-23-13-8-7-12-22(23)32(36)37/h4-8,10-13,18,20-21,24H,9,14-17,28H2,1-3H3,(H,29,33)(H,30,34)(H,31,35)/t20?,21-,24?/m0/s1. The molecule has 2 rings (SSSR count). The van der Waals surface area contributed by atoms with E-state index in [9.17, 15) is 24.5 Å². The fraction of sp³-hybridized carbons (Fsp3) is 0.444. The first-order valence-electron chi connectivity index (χ1n) is 12.8. The molecule has 0 aliphatic rings. The first-order chi connectivity index (χ1) is 18.7. The van der Waals surface area contributed by atoms with Gasteiger partial charge in [-0.15, -0.1) is 0 Å². The average Bonchev–Trinajstić information content (AvgIpc) is 2.92. The first-order valence-corrected chi connectivity index (χ1v) is 15.0. The molecule has 2 unspecified atom stereocenters. The van der Waals surface area contributed by atoms with Gasteiger partial charge in [0.15, 0.2) is 0 Å². The SMILES string of the molecule is CNC(=O)[C@H](Cc1ccccc1)NC(=O)C(CC(C)C)NC(=O)C(CCCN)SSc1ccccc1[N+](=O)[O-]. The van der Waals surface area contributed by atoms with E-state index in [1.807, 2.05) is 44.2 Å². The van der Waals surface area contributed by atoms with Crippen LogP contribution in [0.25, 0.3) is 0 Å². The van der Waals surface area contributed by atoms with Crippen LogP contribution in [0.2, 0.25) is 0 Å². The Bertz CT molecular complexity index is 1100. The minimum absolute atomic E-state index is 0.0382. The van der Waals surface area contributed by atoms with Crippen LogP contribution in [0, 0.1) is 16.0 Å². The van der Waals surface area contributed by atoms with E-state index in [4.69, 9.17) is 5.73 Å². The van der Waals surface area contributed by atoms with E-state index in [2.05, 4.69) is 16.0 Å². The molecule has 0 bridgehead atoms. The summed E-state index contributed by atoms with van der Waals surface area (Å²) in [7, 11) is 3.86. The summed E-state index contributed by atoms with van der Waals surface area (Å²) < 4.78 is 0. The van der Waals surface area contributed by atoms with Crippen molar-refractivity contribution in [2.75, 3.05) is 13.6 Å². The minimum atomic E-state index is -0.863. The highest BCUT2D eigenvalue weighted by atomic mass is 33.1. The second-order valence-corrected chi connectivity index (χ2v) is 11.8. The molecule has 3 amide bonds. The summed E-state index contributed by atoms with van der Waals surface area (Å²) in [6.07, 6.45) is 1.68. The number of likely N-dealkylation sites (N-methyl/N-ethyl adjacent to an activating group) is 1. The zero-order valence-corrected chi connectivity index (χ0v) is 24.1. The minimum Gasteiger partial charge on any atom is -0.357 e. The molecule has 0 aliphatic heterocycles. The molecule has 0 aromatic heterocycles. The zero-order valence-electron chi connectivity index (χ0n) is 22.4. The third-order valence-corrected chi connectivity index (χ3v) is 8.61. The lowest BCUT2D eigenvalue weighted by molar-refractivity contribution is -0.387. The van der Waals surface area contributed by atoms with E-state index < -0.39 is 28.2 Å². The van der Waals surface area contributed by atoms with E-state index in [-0.39, 0.29) is 23.4 Å². The van der Waals surface area contributed by atoms with Gasteiger partial charge in [0, 0.05) is 19.5 Å². The van der Waals surface area contributed by atoms with E-state index >= 15 is 0 Å². The highest BCUT2D eigenvalue weighted by molar-refractivity contribution is 8.77. The number of nitrogens with one attached hydrogen (secondary N) is 3. The number of hydrogen-bond acceptors (Lipinski definition) is 8. The number of nitrogens with zero attached hydrogens (tertiary/aromatic N) is 1. The summed E-state index contributed by atoms with van der Waals surface area (Å²) in [6, 6.07) is 14.0. The number of para-hydroxylation sites is 1. The highest BCUT2D eigenvalue weighted by Crippen LogP contribution is 2.40. The van der Waals surface area contributed by atoms with Gasteiger partial charge >= 0.3 is 0 Å². The molecule has 0 saturated heterocycles. The number of carbonyl (C=O) groups is 3. The molecule has 2 aromatic carbocycles. The number of nitro groups is 1. The topological polar surface area (TPSA) is 156 Å². The van der Waals surface area contributed by atoms with Crippen molar-refractivity contribution in [2.24, 2.45) is 11.7 Å². The quantitative estimate of drug-likeness (QED) is 0.135. The summed E-state index contributed by atoms with van der Waals surface area (Å²) in [5.74, 6) is -1.06. The van der Waals surface area contributed by atoms with Gasteiger partial charge in [0.1, 0.15) is 12.1 Å². The molecular weight excluding hydrogens is 538 g/mol. The first kappa shape index (κ1) is 32.1. The number of nitro benzene ring substituents is 1. The van der Waals surface area contributed by atoms with Gasteiger partial charge in [0.25, 0.3) is 5.69 Å². The number of hydrogen-bond donors (Lipinski definition) is 4. The van der Waals surface area contributed by atoms with Crippen LogP contribution >= 0.6 is 21.6 Å². The third kappa shape index (κ3) is 10.9. The predicted molar refractivity (Wildman–Crippen MR) is 156 cm³/mol. The summed E-state index contributed by atoms with van der Waals surface area (Å²) >= 11 is 0. The van der Waals surface area contributed by atoms with Crippen LogP contribution in [-0.4, -0.2) is 53.6 Å². The van der Waals surface area contributed by atoms with Gasteiger partial charge in [-0.1, -0.05) is 67.1 Å². The summed E-state index contributed by atoms with van der Waals surface area (Å²) in [4.78, 5) is 50.7. The van der Waals surface area contributed by atoms with Crippen LogP contribution < -0.4 is 21.7 Å². The molecule has 3 atom stereocenters. The Morgan fingerprint density at radius 2 is 1.59 bits per heavy atom. The molecule has 0 aliphatic carbocycles. The monoisotopic (exact) mass is 575 g/mol. The summed E-state index contributed by atoms with van der Waals surface area (Å²) in [5.41, 5.74) is 6.54. The van der Waals surface area contributed by atoms with Crippen molar-refractivity contribution in [1.82, 2.24) is 16.0 Å². The van der Waals surface area contributed by atoms with Crippen molar-refractivity contribution in [3.05, 3.63) is 70.3 Å². The lowest BCUT2D eigenvalue weighted by Crippen LogP contribution is -2.55. The summed E-state index contributed by atoms with van der Waals surface area (Å²) in [6.45, 7) is 4.26. The fourth-order valence-electron chi connectivity index (χ4n) is 3.79. The lowest BCUT2D eigenvalue weighted by Gasteiger charge is -2.25. The maximum absolute atomic E-state index is 13.4. The Labute approximate surface area is 237 Å². The van der Waals surface area contributed by atoms with Gasteiger partial charge < -0.3 is 21.7 Å². The molecule has 0 fully saturated rings. The third-order valence-electron chi connectivity index (χ3n) is 5.78. The average molecular weight is 576 g/mol. The number of amides is 3. The van der Waals surface area contributed by atoms with Crippen molar-refractivity contribution in [1.29, 1.82) is 0 Å². The van der Waals surface area contributed by atoms with E-state index in [0.717, 1.165) is 16.4 Å². The molecule has 212 valence electrons. The zero-order chi connectivity index (χ0) is 28.8. The van der Waals surface area contributed by atoms with Crippen LogP contribution in [0.15, 0.2) is 59.5 Å². The Hall–Kier alpha value is -3.09. The van der Waals surface area contributed by atoms with Gasteiger partial charge in [-0.05, 0) is 54.1 Å². The Morgan fingerprint density at radius 3 is 2.21 bits per heavy atom. The van der Waals surface area contributed by atoms with Crippen molar-refractivity contribution in [3.63, 3.8) is 0 Å². The Kier molecular flexibility index (Phi) is 13.8. The van der Waals surface area contributed by atoms with Crippen LogP contribution in [0.1, 0.15) is 38.7 Å². The number of benzene rings is 2. The molecule has 12 heteroatoms. The van der Waals surface area contributed by atoms with Gasteiger partial charge in [0.05, 0.1) is 15.1 Å². The maximum Gasteiger partial charge on any atom is 0.283 e. The normalized spacial score (nSPS) is 13.3. The van der Waals surface area contributed by atoms with Gasteiger partial charge in [-0.2, -0.15) is 0 Å². The van der Waals surface area contributed by atoms with Crippen LogP contribution in [-0.2, 0) is 20.8 Å². The number of rotatable bonds is 16. The van der Waals surface area contributed by atoms with Gasteiger partial charge in [-0.3, -0.25) is 24.5 Å². The van der Waals surface area contributed by atoms with Crippen LogP contribution in [0.5, 0.6) is 0 Å². The molecule has 2 aromatic rings.